The first-order valence-corrected chi connectivity index (χ1v) is 4.18. The highest BCUT2D eigenvalue weighted by Crippen LogP contribution is 1.76. The summed E-state index contributed by atoms with van der Waals surface area (Å²) in [7, 11) is 2.00. The van der Waals surface area contributed by atoms with E-state index in [9.17, 15) is 0 Å². The van der Waals surface area contributed by atoms with Crippen LogP contribution in [0.1, 0.15) is 0 Å². The average Bonchev–Trinajstić information content (AvgIpc) is 2.29. The van der Waals surface area contributed by atoms with Gasteiger partial charge in [-0.05, 0) is 0 Å². The Hall–Kier alpha value is -0.240. The highest BCUT2D eigenvalue weighted by molar-refractivity contribution is 4.30. The lowest BCUT2D eigenvalue weighted by molar-refractivity contribution is 0.0222. The maximum atomic E-state index is 8.26. The summed E-state index contributed by atoms with van der Waals surface area (Å²) in [5, 5.41) is 30.5. The molecule has 0 aromatic carbocycles. The van der Waals surface area contributed by atoms with E-state index < -0.39 is 0 Å². The summed E-state index contributed by atoms with van der Waals surface area (Å²) in [6.07, 6.45) is 0. The molecule has 0 rings (SSSR count). The Balaban J connectivity index is -0.000000266. The first-order valence-electron chi connectivity index (χ1n) is 4.18. The van der Waals surface area contributed by atoms with E-state index in [1.807, 2.05) is 0 Å². The van der Waals surface area contributed by atoms with Crippen molar-refractivity contribution in [1.29, 1.82) is 0 Å². The minimum atomic E-state index is 0.0417. The summed E-state index contributed by atoms with van der Waals surface area (Å²) < 4.78 is 9.75. The predicted molar refractivity (Wildman–Crippen MR) is 52.1 cm³/mol. The smallest absolute Gasteiger partial charge is 0.0701 e. The second-order valence-electron chi connectivity index (χ2n) is 1.67. The average molecular weight is 214 g/mol. The lowest BCUT2D eigenvalue weighted by Gasteiger charge is -2.01. The zero-order valence-electron chi connectivity index (χ0n) is 8.85. The first-order chi connectivity index (χ1) is 6.91. The fourth-order valence-electron chi connectivity index (χ4n) is 0.451. The van der Waals surface area contributed by atoms with E-state index in [1.54, 1.807) is 0 Å². The van der Waals surface area contributed by atoms with Crippen molar-refractivity contribution in [3.05, 3.63) is 0 Å². The quantitative estimate of drug-likeness (QED) is 0.374. The molecule has 0 aromatic heterocycles. The molecule has 90 valence electrons. The summed E-state index contributed by atoms with van der Waals surface area (Å²) in [6.45, 7) is 1.73. The van der Waals surface area contributed by atoms with Crippen LogP contribution in [0.3, 0.4) is 0 Å². The van der Waals surface area contributed by atoms with E-state index >= 15 is 0 Å². The molecule has 0 amide bonds. The Labute approximate surface area is 84.7 Å². The van der Waals surface area contributed by atoms with Gasteiger partial charge >= 0.3 is 0 Å². The number of aliphatic hydroxyl groups is 4. The molecular weight excluding hydrogens is 192 g/mol. The third kappa shape index (κ3) is 29.8. The number of rotatable bonds is 7. The van der Waals surface area contributed by atoms with E-state index in [4.69, 9.17) is 29.9 Å². The number of hydrogen-bond acceptors (Lipinski definition) is 6. The topological polar surface area (TPSA) is 99.4 Å². The molecule has 0 unspecified atom stereocenters. The molecule has 6 nitrogen and oxygen atoms in total. The largest absolute Gasteiger partial charge is 0.400 e. The fourth-order valence-corrected chi connectivity index (χ4v) is 0.451. The molecule has 0 saturated carbocycles. The van der Waals surface area contributed by atoms with Crippen LogP contribution in [-0.2, 0) is 9.47 Å². The normalized spacial score (nSPS) is 8.14. The molecule has 0 spiro atoms. The molecule has 0 saturated heterocycles. The summed E-state index contributed by atoms with van der Waals surface area (Å²) in [6, 6.07) is 0. The van der Waals surface area contributed by atoms with Crippen LogP contribution in [0.5, 0.6) is 0 Å². The van der Waals surface area contributed by atoms with Gasteiger partial charge in [0.05, 0.1) is 39.6 Å². The standard InChI is InChI=1S/C6H14O4.2CH4O/c7-1-3-9-5-6-10-4-2-8;2*1-2/h7-8H,1-6H2;2*2H,1H3. The van der Waals surface area contributed by atoms with Crippen molar-refractivity contribution < 1.29 is 29.9 Å². The Morgan fingerprint density at radius 2 is 0.929 bits per heavy atom. The molecule has 0 fully saturated rings. The monoisotopic (exact) mass is 214 g/mol. The van der Waals surface area contributed by atoms with Crippen LogP contribution in [0.15, 0.2) is 0 Å². The van der Waals surface area contributed by atoms with Gasteiger partial charge in [-0.1, -0.05) is 0 Å². The van der Waals surface area contributed by atoms with Crippen LogP contribution in [0.25, 0.3) is 0 Å². The van der Waals surface area contributed by atoms with Gasteiger partial charge in [0.2, 0.25) is 0 Å². The zero-order chi connectivity index (χ0) is 11.7. The van der Waals surface area contributed by atoms with Crippen LogP contribution in [0, 0.1) is 0 Å². The van der Waals surface area contributed by atoms with Crippen molar-refractivity contribution in [1.82, 2.24) is 0 Å². The summed E-state index contributed by atoms with van der Waals surface area (Å²) >= 11 is 0. The van der Waals surface area contributed by atoms with E-state index in [1.165, 1.54) is 0 Å². The lowest BCUT2D eigenvalue weighted by atomic mass is 10.7. The molecule has 0 aliphatic carbocycles. The third-order valence-electron chi connectivity index (χ3n) is 0.843. The molecular formula is C8H22O6. The molecule has 0 aliphatic heterocycles. The minimum absolute atomic E-state index is 0.0417. The van der Waals surface area contributed by atoms with Crippen LogP contribution in [-0.4, -0.2) is 74.3 Å². The Morgan fingerprint density at radius 1 is 0.643 bits per heavy atom. The SMILES string of the molecule is CO.CO.OCCOCCOCCO. The van der Waals surface area contributed by atoms with E-state index in [2.05, 4.69) is 0 Å². The van der Waals surface area contributed by atoms with Crippen LogP contribution >= 0.6 is 0 Å². The summed E-state index contributed by atoms with van der Waals surface area (Å²) in [4.78, 5) is 0. The van der Waals surface area contributed by atoms with Crippen molar-refractivity contribution in [3.8, 4) is 0 Å². The van der Waals surface area contributed by atoms with Gasteiger partial charge in [-0.15, -0.1) is 0 Å². The number of hydrogen-bond donors (Lipinski definition) is 4. The van der Waals surface area contributed by atoms with Crippen LogP contribution < -0.4 is 0 Å². The molecule has 4 N–H and O–H groups in total. The van der Waals surface area contributed by atoms with Gasteiger partial charge in [-0.3, -0.25) is 0 Å². The third-order valence-corrected chi connectivity index (χ3v) is 0.843. The van der Waals surface area contributed by atoms with Crippen molar-refractivity contribution >= 4 is 0 Å². The molecule has 0 radical (unpaired) electrons. The molecule has 6 heteroatoms. The van der Waals surface area contributed by atoms with Gasteiger partial charge in [0, 0.05) is 14.2 Å². The molecule has 0 aliphatic rings. The van der Waals surface area contributed by atoms with E-state index in [0.29, 0.717) is 26.4 Å². The van der Waals surface area contributed by atoms with Crippen LogP contribution in [0.4, 0.5) is 0 Å². The van der Waals surface area contributed by atoms with Gasteiger partial charge in [0.1, 0.15) is 0 Å². The van der Waals surface area contributed by atoms with Gasteiger partial charge in [-0.2, -0.15) is 0 Å². The Kier molecular flexibility index (Phi) is 40.5. The van der Waals surface area contributed by atoms with Crippen molar-refractivity contribution in [2.75, 3.05) is 53.9 Å². The minimum Gasteiger partial charge on any atom is -0.400 e. The van der Waals surface area contributed by atoms with Gasteiger partial charge in [-0.25, -0.2) is 0 Å². The van der Waals surface area contributed by atoms with Crippen LogP contribution in [0.2, 0.25) is 0 Å². The first kappa shape index (κ1) is 19.4. The lowest BCUT2D eigenvalue weighted by Crippen LogP contribution is -2.09. The molecule has 0 atom stereocenters. The highest BCUT2D eigenvalue weighted by atomic mass is 16.5. The maximum Gasteiger partial charge on any atom is 0.0701 e. The Bertz CT molecular complexity index is 53.8. The van der Waals surface area contributed by atoms with Gasteiger partial charge in [0.25, 0.3) is 0 Å². The molecule has 0 aromatic rings. The van der Waals surface area contributed by atoms with E-state index in [0.717, 1.165) is 14.2 Å². The second-order valence-corrected chi connectivity index (χ2v) is 1.67. The second kappa shape index (κ2) is 29.3. The van der Waals surface area contributed by atoms with Crippen molar-refractivity contribution in [2.45, 2.75) is 0 Å². The number of ether oxygens (including phenoxy) is 2. The molecule has 0 heterocycles. The van der Waals surface area contributed by atoms with E-state index in [-0.39, 0.29) is 13.2 Å². The van der Waals surface area contributed by atoms with Crippen molar-refractivity contribution in [3.63, 3.8) is 0 Å². The zero-order valence-corrected chi connectivity index (χ0v) is 8.85. The number of aliphatic hydroxyl groups excluding tert-OH is 4. The Morgan fingerprint density at radius 3 is 1.14 bits per heavy atom. The van der Waals surface area contributed by atoms with Gasteiger partial charge in [0.15, 0.2) is 0 Å². The maximum absolute atomic E-state index is 8.26. The summed E-state index contributed by atoms with van der Waals surface area (Å²) in [5.41, 5.74) is 0. The molecule has 14 heavy (non-hydrogen) atoms. The van der Waals surface area contributed by atoms with Gasteiger partial charge < -0.3 is 29.9 Å². The van der Waals surface area contributed by atoms with Crippen molar-refractivity contribution in [2.24, 2.45) is 0 Å². The molecule has 0 bridgehead atoms. The summed E-state index contributed by atoms with van der Waals surface area (Å²) in [5.74, 6) is 0. The fraction of sp³-hybridized carbons (Fsp3) is 1.00. The predicted octanol–water partition coefficient (Wildman–Crippen LogP) is -1.78. The highest BCUT2D eigenvalue weighted by Gasteiger charge is 1.86.